The van der Waals surface area contributed by atoms with Crippen LogP contribution in [0, 0.1) is 5.82 Å². The molecule has 29 heavy (non-hydrogen) atoms. The molecule has 1 nitrogen and oxygen atoms in total. The summed E-state index contributed by atoms with van der Waals surface area (Å²) in [5.74, 6) is -0.302. The minimum Gasteiger partial charge on any atom is -0.435 e. The first-order valence-corrected chi connectivity index (χ1v) is 10.0. The number of aryl methyl sites for hydroxylation is 1. The molecule has 0 saturated heterocycles. The molecule has 3 rings (SSSR count). The van der Waals surface area contributed by atoms with Crippen molar-refractivity contribution in [3.05, 3.63) is 78.1 Å². The van der Waals surface area contributed by atoms with Crippen LogP contribution in [0.4, 0.5) is 13.2 Å². The molecule has 0 bridgehead atoms. The number of hydrogen-bond donors (Lipinski definition) is 0. The van der Waals surface area contributed by atoms with Gasteiger partial charge in [-0.05, 0) is 53.3 Å². The fourth-order valence-corrected chi connectivity index (χ4v) is 3.36. The number of rotatable bonds is 9. The van der Waals surface area contributed by atoms with E-state index >= 15 is 0 Å². The molecule has 0 saturated carbocycles. The van der Waals surface area contributed by atoms with Crippen molar-refractivity contribution in [2.75, 3.05) is 0 Å². The van der Waals surface area contributed by atoms with Crippen LogP contribution in [0.2, 0.25) is 0 Å². The summed E-state index contributed by atoms with van der Waals surface area (Å²) < 4.78 is 43.5. The highest BCUT2D eigenvalue weighted by atomic mass is 19.3. The first-order chi connectivity index (χ1) is 14.1. The van der Waals surface area contributed by atoms with Gasteiger partial charge < -0.3 is 4.74 Å². The van der Waals surface area contributed by atoms with E-state index < -0.39 is 6.61 Å². The van der Waals surface area contributed by atoms with E-state index in [0.717, 1.165) is 17.5 Å². The summed E-state index contributed by atoms with van der Waals surface area (Å²) in [7, 11) is 0. The van der Waals surface area contributed by atoms with Crippen LogP contribution in [0.5, 0.6) is 5.75 Å². The summed E-state index contributed by atoms with van der Waals surface area (Å²) in [6.07, 6.45) is 6.01. The lowest BCUT2D eigenvalue weighted by molar-refractivity contribution is -0.0498. The summed E-state index contributed by atoms with van der Waals surface area (Å²) in [5, 5.41) is 0. The second kappa shape index (κ2) is 10.1. The minimum atomic E-state index is -2.88. The maximum atomic E-state index is 14.7. The molecule has 152 valence electrons. The van der Waals surface area contributed by atoms with Gasteiger partial charge in [0.25, 0.3) is 0 Å². The fourth-order valence-electron chi connectivity index (χ4n) is 3.36. The normalized spacial score (nSPS) is 11.1. The first kappa shape index (κ1) is 21.0. The molecule has 0 unspecified atom stereocenters. The second-order valence-electron chi connectivity index (χ2n) is 7.11. The minimum absolute atomic E-state index is 0.0514. The van der Waals surface area contributed by atoms with Crippen LogP contribution in [-0.4, -0.2) is 6.61 Å². The molecule has 0 aromatic heterocycles. The zero-order chi connectivity index (χ0) is 20.6. The lowest BCUT2D eigenvalue weighted by Gasteiger charge is -2.09. The Kier molecular flexibility index (Phi) is 7.34. The van der Waals surface area contributed by atoms with Gasteiger partial charge in [-0.2, -0.15) is 8.78 Å². The molecule has 0 aliphatic carbocycles. The van der Waals surface area contributed by atoms with Gasteiger partial charge in [0.05, 0.1) is 0 Å². The van der Waals surface area contributed by atoms with Crippen molar-refractivity contribution in [1.82, 2.24) is 0 Å². The van der Waals surface area contributed by atoms with E-state index in [1.807, 2.05) is 18.2 Å². The van der Waals surface area contributed by atoms with Gasteiger partial charge in [0.2, 0.25) is 0 Å². The summed E-state index contributed by atoms with van der Waals surface area (Å²) in [5.41, 5.74) is 4.10. The Morgan fingerprint density at radius 1 is 0.759 bits per heavy atom. The zero-order valence-electron chi connectivity index (χ0n) is 16.5. The van der Waals surface area contributed by atoms with Crippen LogP contribution in [-0.2, 0) is 6.42 Å². The number of hydrogen-bond acceptors (Lipinski definition) is 1. The largest absolute Gasteiger partial charge is 0.435 e. The molecule has 0 atom stereocenters. The van der Waals surface area contributed by atoms with Crippen molar-refractivity contribution >= 4 is 0 Å². The van der Waals surface area contributed by atoms with E-state index in [4.69, 9.17) is 0 Å². The number of halogens is 3. The van der Waals surface area contributed by atoms with E-state index in [2.05, 4.69) is 23.8 Å². The molecule has 0 spiro atoms. The molecule has 0 aliphatic rings. The van der Waals surface area contributed by atoms with Gasteiger partial charge in [-0.3, -0.25) is 0 Å². The quantitative estimate of drug-likeness (QED) is 0.333. The standard InChI is InChI=1S/C25H25F3O/c1-2-3-4-5-6-18-7-9-19(10-8-18)21-13-16-23(24(26)17-21)20-11-14-22(15-12-20)29-25(27)28/h7-17,25H,2-6H2,1H3. The van der Waals surface area contributed by atoms with Gasteiger partial charge in [-0.25, -0.2) is 4.39 Å². The van der Waals surface area contributed by atoms with Gasteiger partial charge >= 0.3 is 6.61 Å². The molecule has 4 heteroatoms. The molecular weight excluding hydrogens is 373 g/mol. The van der Waals surface area contributed by atoms with Crippen LogP contribution >= 0.6 is 0 Å². The molecule has 0 amide bonds. The summed E-state index contributed by atoms with van der Waals surface area (Å²) >= 11 is 0. The van der Waals surface area contributed by atoms with Crippen molar-refractivity contribution in [3.8, 4) is 28.0 Å². The predicted octanol–water partition coefficient (Wildman–Crippen LogP) is 7.88. The number of alkyl halides is 2. The van der Waals surface area contributed by atoms with E-state index in [1.54, 1.807) is 18.2 Å². The molecule has 0 radical (unpaired) electrons. The highest BCUT2D eigenvalue weighted by Gasteiger charge is 2.09. The maximum absolute atomic E-state index is 14.7. The van der Waals surface area contributed by atoms with E-state index in [0.29, 0.717) is 11.1 Å². The lowest BCUT2D eigenvalue weighted by Crippen LogP contribution is -2.01. The number of ether oxygens (including phenoxy) is 1. The topological polar surface area (TPSA) is 9.23 Å². The third-order valence-corrected chi connectivity index (χ3v) is 4.97. The molecule has 0 N–H and O–H groups in total. The van der Waals surface area contributed by atoms with E-state index in [9.17, 15) is 13.2 Å². The molecule has 0 heterocycles. The predicted molar refractivity (Wildman–Crippen MR) is 112 cm³/mol. The molecule has 3 aromatic rings. The van der Waals surface area contributed by atoms with Gasteiger partial charge in [-0.1, -0.05) is 74.7 Å². The van der Waals surface area contributed by atoms with Crippen LogP contribution < -0.4 is 4.74 Å². The lowest BCUT2D eigenvalue weighted by atomic mass is 9.98. The third kappa shape index (κ3) is 5.86. The van der Waals surface area contributed by atoms with Crippen LogP contribution in [0.1, 0.15) is 38.2 Å². The van der Waals surface area contributed by atoms with Crippen molar-refractivity contribution in [2.24, 2.45) is 0 Å². The Labute approximate surface area is 170 Å². The van der Waals surface area contributed by atoms with Crippen molar-refractivity contribution in [3.63, 3.8) is 0 Å². The van der Waals surface area contributed by atoms with Crippen LogP contribution in [0.25, 0.3) is 22.3 Å². The Morgan fingerprint density at radius 3 is 2.03 bits per heavy atom. The molecule has 0 fully saturated rings. The summed E-state index contributed by atoms with van der Waals surface area (Å²) in [6.45, 7) is -0.671. The number of benzene rings is 3. The third-order valence-electron chi connectivity index (χ3n) is 4.97. The summed E-state index contributed by atoms with van der Waals surface area (Å²) in [4.78, 5) is 0. The van der Waals surface area contributed by atoms with Gasteiger partial charge in [0.15, 0.2) is 0 Å². The van der Waals surface area contributed by atoms with E-state index in [1.165, 1.54) is 49.4 Å². The van der Waals surface area contributed by atoms with Crippen LogP contribution in [0.3, 0.4) is 0 Å². The van der Waals surface area contributed by atoms with Gasteiger partial charge in [0.1, 0.15) is 11.6 Å². The second-order valence-corrected chi connectivity index (χ2v) is 7.11. The van der Waals surface area contributed by atoms with Crippen molar-refractivity contribution < 1.29 is 17.9 Å². The fraction of sp³-hybridized carbons (Fsp3) is 0.280. The Bertz CT molecular complexity index is 902. The first-order valence-electron chi connectivity index (χ1n) is 10.0. The highest BCUT2D eigenvalue weighted by Crippen LogP contribution is 2.29. The monoisotopic (exact) mass is 398 g/mol. The highest BCUT2D eigenvalue weighted by molar-refractivity contribution is 5.71. The Balaban J connectivity index is 1.70. The van der Waals surface area contributed by atoms with Crippen molar-refractivity contribution in [1.29, 1.82) is 0 Å². The molecular formula is C25H25F3O. The van der Waals surface area contributed by atoms with Gasteiger partial charge in [-0.15, -0.1) is 0 Å². The average molecular weight is 398 g/mol. The molecule has 3 aromatic carbocycles. The maximum Gasteiger partial charge on any atom is 0.387 e. The van der Waals surface area contributed by atoms with Crippen LogP contribution in [0.15, 0.2) is 66.7 Å². The zero-order valence-corrected chi connectivity index (χ0v) is 16.5. The SMILES string of the molecule is CCCCCCc1ccc(-c2ccc(-c3ccc(OC(F)F)cc3)c(F)c2)cc1. The Morgan fingerprint density at radius 2 is 1.41 bits per heavy atom. The average Bonchev–Trinajstić information content (AvgIpc) is 2.72. The molecule has 0 aliphatic heterocycles. The smallest absolute Gasteiger partial charge is 0.387 e. The summed E-state index contributed by atoms with van der Waals surface area (Å²) in [6, 6.07) is 19.3. The number of unbranched alkanes of at least 4 members (excludes halogenated alkanes) is 3. The van der Waals surface area contributed by atoms with Crippen molar-refractivity contribution in [2.45, 2.75) is 45.6 Å². The Hall–Kier alpha value is -2.75. The van der Waals surface area contributed by atoms with E-state index in [-0.39, 0.29) is 11.6 Å². The van der Waals surface area contributed by atoms with Gasteiger partial charge in [0, 0.05) is 5.56 Å².